The molecule has 1 aliphatic rings. The lowest BCUT2D eigenvalue weighted by molar-refractivity contribution is 0.355. The van der Waals surface area contributed by atoms with Crippen LogP contribution in [-0.4, -0.2) is 26.8 Å². The van der Waals surface area contributed by atoms with E-state index < -0.39 is 0 Å². The van der Waals surface area contributed by atoms with Crippen molar-refractivity contribution >= 4 is 17.7 Å². The van der Waals surface area contributed by atoms with Crippen LogP contribution in [-0.2, 0) is 0 Å². The topological polar surface area (TPSA) is 30.5 Å². The van der Waals surface area contributed by atoms with Crippen LogP contribution in [0.15, 0.2) is 17.7 Å². The maximum absolute atomic E-state index is 6.40. The van der Waals surface area contributed by atoms with Crippen molar-refractivity contribution in [3.05, 3.63) is 28.3 Å². The summed E-state index contributed by atoms with van der Waals surface area (Å²) >= 11 is 6.40. The third kappa shape index (κ3) is 3.68. The van der Waals surface area contributed by atoms with Gasteiger partial charge in [-0.05, 0) is 37.0 Å². The Morgan fingerprint density at radius 2 is 2.10 bits per heavy atom. The molecule has 110 valence electrons. The predicted octanol–water partition coefficient (Wildman–Crippen LogP) is 3.90. The van der Waals surface area contributed by atoms with E-state index in [9.17, 15) is 0 Å². The summed E-state index contributed by atoms with van der Waals surface area (Å²) < 4.78 is 10.6. The zero-order valence-corrected chi connectivity index (χ0v) is 13.1. The lowest BCUT2D eigenvalue weighted by Gasteiger charge is -2.12. The molecule has 0 amide bonds. The van der Waals surface area contributed by atoms with E-state index in [0.29, 0.717) is 22.6 Å². The van der Waals surface area contributed by atoms with Gasteiger partial charge in [0.05, 0.1) is 19.2 Å². The molecule has 4 heteroatoms. The zero-order chi connectivity index (χ0) is 14.5. The van der Waals surface area contributed by atoms with Crippen molar-refractivity contribution in [1.82, 2.24) is 5.32 Å². The molecule has 0 aliphatic heterocycles. The number of hydrogen-bond acceptors (Lipinski definition) is 3. The molecule has 20 heavy (non-hydrogen) atoms. The van der Waals surface area contributed by atoms with Gasteiger partial charge in [0.25, 0.3) is 0 Å². The largest absolute Gasteiger partial charge is 0.493 e. The van der Waals surface area contributed by atoms with E-state index in [0.717, 1.165) is 18.5 Å². The SMILES string of the molecule is CCC(=Cc1ccc(OC)c(OC)c1Cl)CNC1CC1. The van der Waals surface area contributed by atoms with Gasteiger partial charge in [-0.1, -0.05) is 30.2 Å². The Balaban J connectivity index is 2.21. The summed E-state index contributed by atoms with van der Waals surface area (Å²) in [5, 5.41) is 4.13. The average molecular weight is 296 g/mol. The van der Waals surface area contributed by atoms with Gasteiger partial charge < -0.3 is 14.8 Å². The van der Waals surface area contributed by atoms with Crippen LogP contribution in [0, 0.1) is 0 Å². The Morgan fingerprint density at radius 1 is 1.35 bits per heavy atom. The fraction of sp³-hybridized carbons (Fsp3) is 0.500. The molecule has 1 fully saturated rings. The van der Waals surface area contributed by atoms with Crippen LogP contribution in [0.3, 0.4) is 0 Å². The summed E-state index contributed by atoms with van der Waals surface area (Å²) in [5.41, 5.74) is 2.31. The smallest absolute Gasteiger partial charge is 0.179 e. The van der Waals surface area contributed by atoms with E-state index in [2.05, 4.69) is 18.3 Å². The van der Waals surface area contributed by atoms with Crippen molar-refractivity contribution in [2.24, 2.45) is 0 Å². The maximum Gasteiger partial charge on any atom is 0.179 e. The van der Waals surface area contributed by atoms with Crippen LogP contribution in [0.5, 0.6) is 11.5 Å². The Labute approximate surface area is 125 Å². The standard InChI is InChI=1S/C16H22ClNO2/c1-4-11(10-18-13-6-7-13)9-12-5-8-14(19-2)16(20-3)15(12)17/h5,8-9,13,18H,4,6-7,10H2,1-3H3. The first kappa shape index (κ1) is 15.2. The molecule has 3 nitrogen and oxygen atoms in total. The molecule has 1 saturated carbocycles. The van der Waals surface area contributed by atoms with Crippen molar-refractivity contribution in [3.63, 3.8) is 0 Å². The van der Waals surface area contributed by atoms with Gasteiger partial charge in [-0.3, -0.25) is 0 Å². The highest BCUT2D eigenvalue weighted by molar-refractivity contribution is 6.33. The molecule has 0 heterocycles. The highest BCUT2D eigenvalue weighted by Gasteiger charge is 2.20. The zero-order valence-electron chi connectivity index (χ0n) is 12.3. The van der Waals surface area contributed by atoms with Gasteiger partial charge in [0, 0.05) is 12.6 Å². The third-order valence-corrected chi connectivity index (χ3v) is 3.91. The average Bonchev–Trinajstić information content (AvgIpc) is 3.28. The van der Waals surface area contributed by atoms with E-state index in [4.69, 9.17) is 21.1 Å². The fourth-order valence-electron chi connectivity index (χ4n) is 2.08. The van der Waals surface area contributed by atoms with Crippen molar-refractivity contribution in [2.45, 2.75) is 32.2 Å². The molecular formula is C16H22ClNO2. The van der Waals surface area contributed by atoms with Gasteiger partial charge in [0.15, 0.2) is 11.5 Å². The normalized spacial score (nSPS) is 15.3. The number of methoxy groups -OCH3 is 2. The molecule has 2 rings (SSSR count). The Kier molecular flexibility index (Phi) is 5.32. The summed E-state index contributed by atoms with van der Waals surface area (Å²) in [4.78, 5) is 0. The van der Waals surface area contributed by atoms with Gasteiger partial charge in [-0.15, -0.1) is 0 Å². The number of benzene rings is 1. The highest BCUT2D eigenvalue weighted by Crippen LogP contribution is 2.38. The molecule has 1 aromatic rings. The first-order valence-corrected chi connectivity index (χ1v) is 7.40. The molecule has 1 aliphatic carbocycles. The van der Waals surface area contributed by atoms with Crippen molar-refractivity contribution in [3.8, 4) is 11.5 Å². The molecule has 0 radical (unpaired) electrons. The van der Waals surface area contributed by atoms with Crippen LogP contribution in [0.4, 0.5) is 0 Å². The molecule has 1 N–H and O–H groups in total. The fourth-order valence-corrected chi connectivity index (χ4v) is 2.36. The summed E-state index contributed by atoms with van der Waals surface area (Å²) in [6, 6.07) is 4.57. The van der Waals surface area contributed by atoms with Crippen LogP contribution < -0.4 is 14.8 Å². The van der Waals surface area contributed by atoms with Crippen molar-refractivity contribution < 1.29 is 9.47 Å². The second-order valence-electron chi connectivity index (χ2n) is 5.02. The Bertz CT molecular complexity index is 495. The molecular weight excluding hydrogens is 274 g/mol. The molecule has 0 aromatic heterocycles. The Hall–Kier alpha value is -1.19. The number of halogens is 1. The first-order valence-electron chi connectivity index (χ1n) is 7.02. The second-order valence-corrected chi connectivity index (χ2v) is 5.39. The molecule has 0 bridgehead atoms. The number of nitrogens with one attached hydrogen (secondary N) is 1. The minimum Gasteiger partial charge on any atom is -0.493 e. The van der Waals surface area contributed by atoms with Gasteiger partial charge in [0.1, 0.15) is 0 Å². The van der Waals surface area contributed by atoms with E-state index in [1.165, 1.54) is 18.4 Å². The van der Waals surface area contributed by atoms with E-state index in [1.54, 1.807) is 14.2 Å². The van der Waals surface area contributed by atoms with Gasteiger partial charge in [-0.2, -0.15) is 0 Å². The van der Waals surface area contributed by atoms with E-state index >= 15 is 0 Å². The minimum absolute atomic E-state index is 0.591. The van der Waals surface area contributed by atoms with E-state index in [-0.39, 0.29) is 0 Å². The van der Waals surface area contributed by atoms with Crippen LogP contribution >= 0.6 is 11.6 Å². The maximum atomic E-state index is 6.40. The number of rotatable bonds is 7. The van der Waals surface area contributed by atoms with Gasteiger partial charge in [-0.25, -0.2) is 0 Å². The highest BCUT2D eigenvalue weighted by atomic mass is 35.5. The monoisotopic (exact) mass is 295 g/mol. The van der Waals surface area contributed by atoms with E-state index in [1.807, 2.05) is 12.1 Å². The molecule has 1 aromatic carbocycles. The van der Waals surface area contributed by atoms with Crippen LogP contribution in [0.25, 0.3) is 6.08 Å². The number of ether oxygens (including phenoxy) is 2. The lowest BCUT2D eigenvalue weighted by atomic mass is 10.1. The predicted molar refractivity (Wildman–Crippen MR) is 83.8 cm³/mol. The number of hydrogen-bond donors (Lipinski definition) is 1. The van der Waals surface area contributed by atoms with Crippen LogP contribution in [0.2, 0.25) is 5.02 Å². The summed E-state index contributed by atoms with van der Waals surface area (Å²) in [7, 11) is 3.22. The third-order valence-electron chi connectivity index (χ3n) is 3.52. The molecule has 0 spiro atoms. The first-order chi connectivity index (χ1) is 9.69. The van der Waals surface area contributed by atoms with Gasteiger partial charge in [0.2, 0.25) is 0 Å². The van der Waals surface area contributed by atoms with Crippen LogP contribution in [0.1, 0.15) is 31.7 Å². The minimum atomic E-state index is 0.591. The Morgan fingerprint density at radius 3 is 2.65 bits per heavy atom. The van der Waals surface area contributed by atoms with Gasteiger partial charge >= 0.3 is 0 Å². The van der Waals surface area contributed by atoms with Crippen molar-refractivity contribution in [1.29, 1.82) is 0 Å². The molecule has 0 atom stereocenters. The molecule has 0 saturated heterocycles. The van der Waals surface area contributed by atoms with Crippen molar-refractivity contribution in [2.75, 3.05) is 20.8 Å². The lowest BCUT2D eigenvalue weighted by Crippen LogP contribution is -2.18. The summed E-state index contributed by atoms with van der Waals surface area (Å²) in [5.74, 6) is 1.25. The second kappa shape index (κ2) is 7.00. The summed E-state index contributed by atoms with van der Waals surface area (Å²) in [6.07, 6.45) is 5.74. The quantitative estimate of drug-likeness (QED) is 0.827. The summed E-state index contributed by atoms with van der Waals surface area (Å²) in [6.45, 7) is 3.08. The molecule has 0 unspecified atom stereocenters.